The zero-order valence-electron chi connectivity index (χ0n) is 8.15. The van der Waals surface area contributed by atoms with Crippen LogP contribution in [0.1, 0.15) is 20.8 Å². The Bertz CT molecular complexity index is 384. The van der Waals surface area contributed by atoms with Crippen LogP contribution in [0.2, 0.25) is 0 Å². The molecular formula is C10H13N3. The predicted molar refractivity (Wildman–Crippen MR) is 51.6 cm³/mol. The molecule has 13 heavy (non-hydrogen) atoms. The summed E-state index contributed by atoms with van der Waals surface area (Å²) >= 11 is 0. The fourth-order valence-corrected chi connectivity index (χ4v) is 1.27. The third-order valence-electron chi connectivity index (χ3n) is 2.10. The molecule has 0 atom stereocenters. The van der Waals surface area contributed by atoms with Crippen molar-refractivity contribution in [1.82, 2.24) is 14.8 Å². The van der Waals surface area contributed by atoms with Crippen molar-refractivity contribution >= 4 is 0 Å². The van der Waals surface area contributed by atoms with Gasteiger partial charge in [0.05, 0.1) is 11.9 Å². The summed E-state index contributed by atoms with van der Waals surface area (Å²) in [6.45, 7) is 6.51. The van der Waals surface area contributed by atoms with Gasteiger partial charge in [0.15, 0.2) is 0 Å². The Morgan fingerprint density at radius 1 is 1.31 bits per heavy atom. The van der Waals surface area contributed by atoms with Gasteiger partial charge in [0, 0.05) is 23.5 Å². The van der Waals surface area contributed by atoms with E-state index in [1.165, 1.54) is 0 Å². The Morgan fingerprint density at radius 3 is 2.77 bits per heavy atom. The highest BCUT2D eigenvalue weighted by Crippen LogP contribution is 2.21. The van der Waals surface area contributed by atoms with Crippen LogP contribution in [0.15, 0.2) is 24.7 Å². The van der Waals surface area contributed by atoms with Crippen LogP contribution < -0.4 is 0 Å². The summed E-state index contributed by atoms with van der Waals surface area (Å²) in [5.41, 5.74) is 2.17. The van der Waals surface area contributed by atoms with E-state index < -0.39 is 0 Å². The van der Waals surface area contributed by atoms with Gasteiger partial charge < -0.3 is 4.57 Å². The molecule has 3 nitrogen and oxygen atoms in total. The van der Waals surface area contributed by atoms with Gasteiger partial charge in [-0.2, -0.15) is 10.2 Å². The van der Waals surface area contributed by atoms with Crippen LogP contribution in [0.5, 0.6) is 0 Å². The van der Waals surface area contributed by atoms with Crippen molar-refractivity contribution in [2.24, 2.45) is 0 Å². The lowest BCUT2D eigenvalue weighted by atomic mass is 10.1. The fourth-order valence-electron chi connectivity index (χ4n) is 1.27. The topological polar surface area (TPSA) is 30.7 Å². The summed E-state index contributed by atoms with van der Waals surface area (Å²) in [7, 11) is 0. The van der Waals surface area contributed by atoms with E-state index >= 15 is 0 Å². The Hall–Kier alpha value is -1.38. The summed E-state index contributed by atoms with van der Waals surface area (Å²) in [6.07, 6.45) is 5.91. The van der Waals surface area contributed by atoms with Crippen molar-refractivity contribution in [3.05, 3.63) is 24.7 Å². The first kappa shape index (κ1) is 8.23. The van der Waals surface area contributed by atoms with E-state index in [9.17, 15) is 0 Å². The summed E-state index contributed by atoms with van der Waals surface area (Å²) in [4.78, 5) is 0. The maximum absolute atomic E-state index is 3.98. The number of hydrogen-bond acceptors (Lipinski definition) is 2. The molecule has 0 aliphatic carbocycles. The summed E-state index contributed by atoms with van der Waals surface area (Å²) in [5, 5.41) is 7.84. The van der Waals surface area contributed by atoms with E-state index in [-0.39, 0.29) is 5.54 Å². The molecule has 68 valence electrons. The normalized spacial score (nSPS) is 12.2. The molecule has 0 N–H and O–H groups in total. The van der Waals surface area contributed by atoms with Crippen LogP contribution in [-0.4, -0.2) is 14.8 Å². The van der Waals surface area contributed by atoms with Crippen molar-refractivity contribution in [2.75, 3.05) is 0 Å². The average molecular weight is 175 g/mol. The first-order chi connectivity index (χ1) is 6.07. The molecule has 2 aliphatic rings. The van der Waals surface area contributed by atoms with Crippen molar-refractivity contribution in [3.8, 4) is 11.3 Å². The molecule has 0 saturated heterocycles. The molecule has 0 fully saturated rings. The molecule has 0 saturated carbocycles. The summed E-state index contributed by atoms with van der Waals surface area (Å²) < 4.78 is 2.17. The second-order valence-electron chi connectivity index (χ2n) is 4.21. The Labute approximate surface area is 77.8 Å². The van der Waals surface area contributed by atoms with Gasteiger partial charge in [-0.3, -0.25) is 0 Å². The van der Waals surface area contributed by atoms with Gasteiger partial charge in [-0.25, -0.2) is 0 Å². The largest absolute Gasteiger partial charge is 0.348 e. The lowest BCUT2D eigenvalue weighted by Gasteiger charge is -2.23. The Morgan fingerprint density at radius 2 is 2.08 bits per heavy atom. The van der Waals surface area contributed by atoms with Gasteiger partial charge >= 0.3 is 0 Å². The van der Waals surface area contributed by atoms with Gasteiger partial charge in [-0.15, -0.1) is 0 Å². The molecule has 0 aromatic rings. The highest BCUT2D eigenvalue weighted by Gasteiger charge is 2.13. The van der Waals surface area contributed by atoms with Crippen molar-refractivity contribution in [1.29, 1.82) is 0 Å². The number of pyridine rings is 1. The van der Waals surface area contributed by atoms with Crippen LogP contribution in [0, 0.1) is 0 Å². The zero-order valence-corrected chi connectivity index (χ0v) is 8.15. The van der Waals surface area contributed by atoms with Crippen LogP contribution in [-0.2, 0) is 5.54 Å². The van der Waals surface area contributed by atoms with Gasteiger partial charge in [0.1, 0.15) is 0 Å². The van der Waals surface area contributed by atoms with E-state index in [2.05, 4.69) is 41.7 Å². The lowest BCUT2D eigenvalue weighted by molar-refractivity contribution is 0.395. The minimum absolute atomic E-state index is 0.117. The van der Waals surface area contributed by atoms with Gasteiger partial charge in [-0.05, 0) is 26.8 Å². The van der Waals surface area contributed by atoms with E-state index in [4.69, 9.17) is 0 Å². The van der Waals surface area contributed by atoms with E-state index in [1.807, 2.05) is 12.3 Å². The quantitative estimate of drug-likeness (QED) is 0.614. The monoisotopic (exact) mass is 175 g/mol. The summed E-state index contributed by atoms with van der Waals surface area (Å²) in [5.74, 6) is 0. The Kier molecular flexibility index (Phi) is 1.62. The molecule has 0 aromatic carbocycles. The number of fused-ring (bicyclic) bond motifs is 1. The highest BCUT2D eigenvalue weighted by molar-refractivity contribution is 5.57. The maximum atomic E-state index is 3.98. The molecular weight excluding hydrogens is 162 g/mol. The van der Waals surface area contributed by atoms with E-state index in [1.54, 1.807) is 6.20 Å². The van der Waals surface area contributed by atoms with Gasteiger partial charge in [0.2, 0.25) is 0 Å². The number of rotatable bonds is 0. The molecule has 2 heterocycles. The SMILES string of the molecule is CC(C)(C)n1ccc2nncc-2c1. The fraction of sp³-hybridized carbons (Fsp3) is 0.400. The van der Waals surface area contributed by atoms with Crippen LogP contribution >= 0.6 is 0 Å². The highest BCUT2D eigenvalue weighted by atomic mass is 15.1. The lowest BCUT2D eigenvalue weighted by Crippen LogP contribution is -2.21. The zero-order chi connectivity index (χ0) is 9.47. The smallest absolute Gasteiger partial charge is 0.0974 e. The molecule has 0 unspecified atom stereocenters. The number of hydrogen-bond donors (Lipinski definition) is 0. The average Bonchev–Trinajstić information content (AvgIpc) is 2.47. The molecule has 0 amide bonds. The molecule has 0 aromatic heterocycles. The van der Waals surface area contributed by atoms with Crippen LogP contribution in [0.3, 0.4) is 0 Å². The second kappa shape index (κ2) is 2.55. The third-order valence-corrected chi connectivity index (χ3v) is 2.10. The molecule has 2 aliphatic heterocycles. The van der Waals surface area contributed by atoms with Crippen molar-refractivity contribution in [3.63, 3.8) is 0 Å². The first-order valence-corrected chi connectivity index (χ1v) is 4.37. The second-order valence-corrected chi connectivity index (χ2v) is 4.21. The van der Waals surface area contributed by atoms with Crippen LogP contribution in [0.25, 0.3) is 11.3 Å². The minimum Gasteiger partial charge on any atom is -0.348 e. The standard InChI is InChI=1S/C10H13N3/c1-10(2,3)13-5-4-9-8(7-13)6-11-12-9/h4-7H,1-3H3. The first-order valence-electron chi connectivity index (χ1n) is 4.37. The number of aromatic nitrogens is 3. The molecule has 2 rings (SSSR count). The van der Waals surface area contributed by atoms with Crippen molar-refractivity contribution < 1.29 is 0 Å². The van der Waals surface area contributed by atoms with Crippen LogP contribution in [0.4, 0.5) is 0 Å². The summed E-state index contributed by atoms with van der Waals surface area (Å²) in [6, 6.07) is 1.99. The van der Waals surface area contributed by atoms with E-state index in [0.717, 1.165) is 11.3 Å². The van der Waals surface area contributed by atoms with Crippen molar-refractivity contribution in [2.45, 2.75) is 26.3 Å². The molecule has 0 bridgehead atoms. The third kappa shape index (κ3) is 1.41. The maximum Gasteiger partial charge on any atom is 0.0974 e. The minimum atomic E-state index is 0.117. The molecule has 0 radical (unpaired) electrons. The van der Waals surface area contributed by atoms with E-state index in [0.29, 0.717) is 0 Å². The number of nitrogens with zero attached hydrogens (tertiary/aromatic N) is 3. The van der Waals surface area contributed by atoms with Gasteiger partial charge in [-0.1, -0.05) is 0 Å². The Balaban J connectivity index is 2.56. The molecule has 3 heteroatoms. The predicted octanol–water partition coefficient (Wildman–Crippen LogP) is 2.14. The van der Waals surface area contributed by atoms with Gasteiger partial charge in [0.25, 0.3) is 0 Å². The molecule has 0 spiro atoms.